The molecule has 1 amide bonds. The number of ether oxygens (including phenoxy) is 1. The Morgan fingerprint density at radius 1 is 1.38 bits per heavy atom. The van der Waals surface area contributed by atoms with Crippen molar-refractivity contribution in [2.45, 2.75) is 19.9 Å². The summed E-state index contributed by atoms with van der Waals surface area (Å²) in [4.78, 5) is 11.4. The van der Waals surface area contributed by atoms with Crippen molar-refractivity contribution in [3.05, 3.63) is 29.8 Å². The van der Waals surface area contributed by atoms with Crippen LogP contribution in [-0.2, 0) is 4.79 Å². The van der Waals surface area contributed by atoms with Crippen molar-refractivity contribution in [2.75, 3.05) is 19.7 Å². The fourth-order valence-corrected chi connectivity index (χ4v) is 1.60. The van der Waals surface area contributed by atoms with E-state index in [1.165, 1.54) is 0 Å². The van der Waals surface area contributed by atoms with Gasteiger partial charge in [-0.1, -0.05) is 5.16 Å². The van der Waals surface area contributed by atoms with E-state index in [1.807, 2.05) is 13.8 Å². The van der Waals surface area contributed by atoms with Crippen LogP contribution in [0.25, 0.3) is 0 Å². The normalized spacial score (nSPS) is 11.5. The monoisotopic (exact) mass is 294 g/mol. The highest BCUT2D eigenvalue weighted by atomic mass is 16.5. The molecule has 0 aliphatic carbocycles. The summed E-state index contributed by atoms with van der Waals surface area (Å²) in [5.41, 5.74) is 6.08. The van der Waals surface area contributed by atoms with Gasteiger partial charge in [0, 0.05) is 18.2 Å². The third-order valence-electron chi connectivity index (χ3n) is 2.54. The Balaban J connectivity index is 2.23. The zero-order valence-electron chi connectivity index (χ0n) is 12.3. The maximum absolute atomic E-state index is 11.4. The van der Waals surface area contributed by atoms with E-state index in [4.69, 9.17) is 15.7 Å². The van der Waals surface area contributed by atoms with E-state index in [0.717, 1.165) is 0 Å². The smallest absolute Gasteiger partial charge is 0.234 e. The molecule has 0 aliphatic heterocycles. The largest absolute Gasteiger partial charge is 0.492 e. The van der Waals surface area contributed by atoms with Gasteiger partial charge in [0.05, 0.1) is 6.54 Å². The number of benzene rings is 1. The summed E-state index contributed by atoms with van der Waals surface area (Å²) in [6.45, 7) is 5.10. The highest BCUT2D eigenvalue weighted by Crippen LogP contribution is 2.11. The van der Waals surface area contributed by atoms with Gasteiger partial charge >= 0.3 is 0 Å². The number of carbonyl (C=O) groups is 1. The summed E-state index contributed by atoms with van der Waals surface area (Å²) in [7, 11) is 0. The Morgan fingerprint density at radius 2 is 2.05 bits per heavy atom. The number of nitrogens with zero attached hydrogens (tertiary/aromatic N) is 1. The second kappa shape index (κ2) is 8.80. The van der Waals surface area contributed by atoms with Gasteiger partial charge in [0.25, 0.3) is 0 Å². The molecule has 5 N–H and O–H groups in total. The number of rotatable bonds is 8. The average Bonchev–Trinajstić information content (AvgIpc) is 2.46. The molecule has 0 bridgehead atoms. The minimum absolute atomic E-state index is 0.0341. The van der Waals surface area contributed by atoms with Crippen LogP contribution in [0, 0.1) is 0 Å². The second-order valence-corrected chi connectivity index (χ2v) is 4.76. The molecule has 0 saturated heterocycles. The Kier molecular flexibility index (Phi) is 7.03. The minimum Gasteiger partial charge on any atom is -0.492 e. The van der Waals surface area contributed by atoms with Crippen LogP contribution in [0.5, 0.6) is 5.75 Å². The number of amidine groups is 1. The van der Waals surface area contributed by atoms with E-state index in [2.05, 4.69) is 15.8 Å². The maximum atomic E-state index is 11.4. The van der Waals surface area contributed by atoms with Crippen molar-refractivity contribution in [2.24, 2.45) is 10.9 Å². The molecule has 1 aromatic rings. The third kappa shape index (κ3) is 6.62. The van der Waals surface area contributed by atoms with Gasteiger partial charge in [-0.15, -0.1) is 0 Å². The van der Waals surface area contributed by atoms with Crippen molar-refractivity contribution in [3.8, 4) is 5.75 Å². The first-order valence-electron chi connectivity index (χ1n) is 6.73. The maximum Gasteiger partial charge on any atom is 0.234 e. The van der Waals surface area contributed by atoms with E-state index < -0.39 is 0 Å². The molecule has 0 atom stereocenters. The molecule has 1 aromatic carbocycles. The first-order chi connectivity index (χ1) is 10.0. The third-order valence-corrected chi connectivity index (χ3v) is 2.54. The van der Waals surface area contributed by atoms with Gasteiger partial charge in [-0.05, 0) is 38.1 Å². The molecule has 7 heteroatoms. The van der Waals surface area contributed by atoms with Gasteiger partial charge in [0.15, 0.2) is 5.84 Å². The van der Waals surface area contributed by atoms with Crippen LogP contribution < -0.4 is 21.1 Å². The fraction of sp³-hybridized carbons (Fsp3) is 0.429. The summed E-state index contributed by atoms with van der Waals surface area (Å²) < 4.78 is 5.50. The molecular formula is C14H22N4O3. The Morgan fingerprint density at radius 3 is 2.62 bits per heavy atom. The topological polar surface area (TPSA) is 109 Å². The van der Waals surface area contributed by atoms with Crippen LogP contribution in [-0.4, -0.2) is 42.7 Å². The fourth-order valence-electron chi connectivity index (χ4n) is 1.60. The van der Waals surface area contributed by atoms with Crippen molar-refractivity contribution in [1.29, 1.82) is 0 Å². The standard InChI is InChI=1S/C14H22N4O3/c1-10(2)17-13(19)9-16-7-8-21-12-5-3-11(4-6-12)14(15)18-20/h3-6,10,16,20H,7-9H2,1-2H3,(H2,15,18)(H,17,19). The van der Waals surface area contributed by atoms with Crippen molar-refractivity contribution in [3.63, 3.8) is 0 Å². The van der Waals surface area contributed by atoms with Crippen molar-refractivity contribution in [1.82, 2.24) is 10.6 Å². The predicted octanol–water partition coefficient (Wildman–Crippen LogP) is 0.274. The van der Waals surface area contributed by atoms with E-state index in [1.54, 1.807) is 24.3 Å². The Labute approximate surface area is 124 Å². The lowest BCUT2D eigenvalue weighted by atomic mass is 10.2. The summed E-state index contributed by atoms with van der Waals surface area (Å²) in [5, 5.41) is 17.2. The summed E-state index contributed by atoms with van der Waals surface area (Å²) >= 11 is 0. The number of oxime groups is 1. The molecule has 116 valence electrons. The van der Waals surface area contributed by atoms with E-state index in [9.17, 15) is 4.79 Å². The summed E-state index contributed by atoms with van der Waals surface area (Å²) in [6, 6.07) is 7.02. The lowest BCUT2D eigenvalue weighted by Gasteiger charge is -2.10. The van der Waals surface area contributed by atoms with E-state index >= 15 is 0 Å². The highest BCUT2D eigenvalue weighted by Gasteiger charge is 2.02. The second-order valence-electron chi connectivity index (χ2n) is 4.76. The summed E-state index contributed by atoms with van der Waals surface area (Å²) in [5.74, 6) is 0.699. The first kappa shape index (κ1) is 16.8. The molecule has 21 heavy (non-hydrogen) atoms. The lowest BCUT2D eigenvalue weighted by molar-refractivity contribution is -0.120. The first-order valence-corrected chi connectivity index (χ1v) is 6.73. The molecule has 0 radical (unpaired) electrons. The lowest BCUT2D eigenvalue weighted by Crippen LogP contribution is -2.38. The van der Waals surface area contributed by atoms with Gasteiger partial charge < -0.3 is 26.3 Å². The number of carbonyl (C=O) groups excluding carboxylic acids is 1. The Hall–Kier alpha value is -2.28. The zero-order chi connectivity index (χ0) is 15.7. The number of hydrogen-bond acceptors (Lipinski definition) is 5. The van der Waals surface area contributed by atoms with Crippen LogP contribution >= 0.6 is 0 Å². The number of hydrogen-bond donors (Lipinski definition) is 4. The van der Waals surface area contributed by atoms with Crippen LogP contribution in [0.1, 0.15) is 19.4 Å². The van der Waals surface area contributed by atoms with Crippen LogP contribution in [0.15, 0.2) is 29.4 Å². The van der Waals surface area contributed by atoms with Gasteiger partial charge in [-0.25, -0.2) is 0 Å². The molecule has 0 saturated carbocycles. The van der Waals surface area contributed by atoms with Gasteiger partial charge in [0.2, 0.25) is 5.91 Å². The van der Waals surface area contributed by atoms with Gasteiger partial charge in [-0.3, -0.25) is 4.79 Å². The molecule has 0 unspecified atom stereocenters. The Bertz CT molecular complexity index is 472. The average molecular weight is 294 g/mol. The van der Waals surface area contributed by atoms with Crippen LogP contribution in [0.4, 0.5) is 0 Å². The molecule has 1 rings (SSSR count). The number of nitrogens with two attached hydrogens (primary N) is 1. The quantitative estimate of drug-likeness (QED) is 0.181. The SMILES string of the molecule is CC(C)NC(=O)CNCCOc1ccc(C(N)=NO)cc1. The molecule has 0 fully saturated rings. The minimum atomic E-state index is -0.0341. The summed E-state index contributed by atoms with van der Waals surface area (Å²) in [6.07, 6.45) is 0. The van der Waals surface area contributed by atoms with Crippen molar-refractivity contribution >= 4 is 11.7 Å². The van der Waals surface area contributed by atoms with Gasteiger partial charge in [0.1, 0.15) is 12.4 Å². The molecule has 0 spiro atoms. The molecule has 0 aromatic heterocycles. The molecule has 7 nitrogen and oxygen atoms in total. The van der Waals surface area contributed by atoms with E-state index in [0.29, 0.717) is 24.5 Å². The predicted molar refractivity (Wildman–Crippen MR) is 80.6 cm³/mol. The van der Waals surface area contributed by atoms with Crippen LogP contribution in [0.2, 0.25) is 0 Å². The van der Waals surface area contributed by atoms with Crippen molar-refractivity contribution < 1.29 is 14.7 Å². The molecule has 0 aliphatic rings. The van der Waals surface area contributed by atoms with Gasteiger partial charge in [-0.2, -0.15) is 0 Å². The number of amides is 1. The highest BCUT2D eigenvalue weighted by molar-refractivity contribution is 5.97. The number of nitrogens with one attached hydrogen (secondary N) is 2. The molecular weight excluding hydrogens is 272 g/mol. The zero-order valence-corrected chi connectivity index (χ0v) is 12.3. The van der Waals surface area contributed by atoms with E-state index in [-0.39, 0.29) is 24.3 Å². The van der Waals surface area contributed by atoms with Crippen LogP contribution in [0.3, 0.4) is 0 Å². The molecule has 0 heterocycles.